The second-order valence-electron chi connectivity index (χ2n) is 3.26. The number of rotatable bonds is 4. The molecule has 0 heterocycles. The summed E-state index contributed by atoms with van der Waals surface area (Å²) in [6, 6.07) is 3.58. The molecule has 0 saturated heterocycles. The van der Waals surface area contributed by atoms with Gasteiger partial charge < -0.3 is 10.5 Å². The average Bonchev–Trinajstić information content (AvgIpc) is 2.20. The molecule has 0 fully saturated rings. The molecule has 0 atom stereocenters. The summed E-state index contributed by atoms with van der Waals surface area (Å²) in [5.74, 6) is -1.13. The molecule has 0 aliphatic rings. The standard InChI is InChI=1S/C10H9ClF3NO2/c11-5-8(16)4-6-3-7(15)1-2-9(6)17-10(12,13)14/h1-3H,4-5,15H2. The molecule has 0 amide bonds. The van der Waals surface area contributed by atoms with Crippen molar-refractivity contribution in [2.75, 3.05) is 11.6 Å². The van der Waals surface area contributed by atoms with Gasteiger partial charge in [-0.25, -0.2) is 0 Å². The van der Waals surface area contributed by atoms with Crippen molar-refractivity contribution < 1.29 is 22.7 Å². The van der Waals surface area contributed by atoms with Crippen LogP contribution in [-0.4, -0.2) is 18.0 Å². The maximum atomic E-state index is 12.1. The molecule has 0 aliphatic carbocycles. The predicted octanol–water partition coefficient (Wildman–Crippen LogP) is 2.52. The van der Waals surface area contributed by atoms with Gasteiger partial charge in [-0.2, -0.15) is 0 Å². The molecule has 0 radical (unpaired) electrons. The molecule has 0 unspecified atom stereocenters. The highest BCUT2D eigenvalue weighted by Gasteiger charge is 2.32. The molecule has 0 saturated carbocycles. The number of carbonyl (C=O) groups is 1. The van der Waals surface area contributed by atoms with E-state index in [0.717, 1.165) is 6.07 Å². The van der Waals surface area contributed by atoms with E-state index in [1.807, 2.05) is 0 Å². The number of anilines is 1. The van der Waals surface area contributed by atoms with Gasteiger partial charge in [-0.1, -0.05) is 0 Å². The monoisotopic (exact) mass is 267 g/mol. The van der Waals surface area contributed by atoms with Crippen molar-refractivity contribution in [3.05, 3.63) is 23.8 Å². The Labute approximate surface area is 100 Å². The van der Waals surface area contributed by atoms with Crippen LogP contribution < -0.4 is 10.5 Å². The molecular weight excluding hydrogens is 259 g/mol. The molecule has 17 heavy (non-hydrogen) atoms. The highest BCUT2D eigenvalue weighted by molar-refractivity contribution is 6.27. The number of alkyl halides is 4. The van der Waals surface area contributed by atoms with Gasteiger partial charge in [0.25, 0.3) is 0 Å². The van der Waals surface area contributed by atoms with E-state index in [2.05, 4.69) is 4.74 Å². The summed E-state index contributed by atoms with van der Waals surface area (Å²) in [5.41, 5.74) is 5.74. The topological polar surface area (TPSA) is 52.3 Å². The zero-order valence-electron chi connectivity index (χ0n) is 8.55. The lowest BCUT2D eigenvalue weighted by Gasteiger charge is -2.13. The summed E-state index contributed by atoms with van der Waals surface area (Å²) in [4.78, 5) is 11.1. The number of ether oxygens (including phenoxy) is 1. The average molecular weight is 268 g/mol. The molecule has 0 spiro atoms. The van der Waals surface area contributed by atoms with Crippen LogP contribution in [0.2, 0.25) is 0 Å². The molecular formula is C10H9ClF3NO2. The fourth-order valence-electron chi connectivity index (χ4n) is 1.22. The first-order valence-corrected chi connectivity index (χ1v) is 5.07. The first kappa shape index (κ1) is 13.6. The number of Topliss-reactive ketones (excluding diaryl/α,β-unsaturated/α-hetero) is 1. The summed E-state index contributed by atoms with van der Waals surface area (Å²) in [6.45, 7) is 0. The van der Waals surface area contributed by atoms with Crippen LogP contribution in [0.3, 0.4) is 0 Å². The number of nitrogens with two attached hydrogens (primary N) is 1. The zero-order valence-corrected chi connectivity index (χ0v) is 9.31. The van der Waals surface area contributed by atoms with Crippen molar-refractivity contribution in [2.45, 2.75) is 12.8 Å². The van der Waals surface area contributed by atoms with Crippen LogP contribution in [0.25, 0.3) is 0 Å². The van der Waals surface area contributed by atoms with Crippen LogP contribution in [0.15, 0.2) is 18.2 Å². The first-order valence-electron chi connectivity index (χ1n) is 4.53. The minimum absolute atomic E-state index is 0.0629. The Bertz CT molecular complexity index is 421. The molecule has 7 heteroatoms. The molecule has 1 aromatic rings. The molecule has 94 valence electrons. The number of ketones is 1. The molecule has 0 aliphatic heterocycles. The third-order valence-electron chi connectivity index (χ3n) is 1.85. The van der Waals surface area contributed by atoms with E-state index < -0.39 is 17.9 Å². The third kappa shape index (κ3) is 4.52. The largest absolute Gasteiger partial charge is 0.573 e. The van der Waals surface area contributed by atoms with Crippen LogP contribution in [0.1, 0.15) is 5.56 Å². The van der Waals surface area contributed by atoms with Crippen molar-refractivity contribution in [3.63, 3.8) is 0 Å². The lowest BCUT2D eigenvalue weighted by Crippen LogP contribution is -2.19. The number of hydrogen-bond acceptors (Lipinski definition) is 3. The van der Waals surface area contributed by atoms with Crippen LogP contribution >= 0.6 is 11.6 Å². The Morgan fingerprint density at radius 2 is 2.06 bits per heavy atom. The first-order chi connectivity index (χ1) is 7.81. The maximum Gasteiger partial charge on any atom is 0.573 e. The van der Waals surface area contributed by atoms with E-state index in [4.69, 9.17) is 17.3 Å². The van der Waals surface area contributed by atoms with Crippen molar-refractivity contribution in [2.24, 2.45) is 0 Å². The van der Waals surface area contributed by atoms with Crippen LogP contribution in [0, 0.1) is 0 Å². The van der Waals surface area contributed by atoms with E-state index in [1.54, 1.807) is 0 Å². The minimum atomic E-state index is -4.81. The van der Waals surface area contributed by atoms with E-state index >= 15 is 0 Å². The van der Waals surface area contributed by atoms with Crippen molar-refractivity contribution in [1.82, 2.24) is 0 Å². The Balaban J connectivity index is 2.99. The van der Waals surface area contributed by atoms with Gasteiger partial charge in [-0.05, 0) is 18.2 Å². The van der Waals surface area contributed by atoms with E-state index in [1.165, 1.54) is 12.1 Å². The van der Waals surface area contributed by atoms with Gasteiger partial charge in [0.05, 0.1) is 5.88 Å². The molecule has 2 N–H and O–H groups in total. The Kier molecular flexibility index (Phi) is 4.22. The predicted molar refractivity (Wildman–Crippen MR) is 57.0 cm³/mol. The summed E-state index contributed by atoms with van der Waals surface area (Å²) in [6.07, 6.45) is -5.06. The maximum absolute atomic E-state index is 12.1. The van der Waals surface area contributed by atoms with Gasteiger partial charge >= 0.3 is 6.36 Å². The van der Waals surface area contributed by atoms with Crippen LogP contribution in [-0.2, 0) is 11.2 Å². The molecule has 1 aromatic carbocycles. The highest BCUT2D eigenvalue weighted by atomic mass is 35.5. The summed E-state index contributed by atoms with van der Waals surface area (Å²) in [7, 11) is 0. The fraction of sp³-hybridized carbons (Fsp3) is 0.300. The van der Waals surface area contributed by atoms with Gasteiger partial charge in [0.1, 0.15) is 5.75 Å². The molecule has 3 nitrogen and oxygen atoms in total. The van der Waals surface area contributed by atoms with Crippen molar-refractivity contribution in [3.8, 4) is 5.75 Å². The number of nitrogen functional groups attached to an aromatic ring is 1. The second kappa shape index (κ2) is 5.27. The van der Waals surface area contributed by atoms with E-state index in [9.17, 15) is 18.0 Å². The SMILES string of the molecule is Nc1ccc(OC(F)(F)F)c(CC(=O)CCl)c1. The minimum Gasteiger partial charge on any atom is -0.405 e. The summed E-state index contributed by atoms with van der Waals surface area (Å²) in [5, 5.41) is 0. The zero-order chi connectivity index (χ0) is 13.1. The fourth-order valence-corrected chi connectivity index (χ4v) is 1.32. The van der Waals surface area contributed by atoms with Gasteiger partial charge in [-0.15, -0.1) is 24.8 Å². The van der Waals surface area contributed by atoms with Crippen LogP contribution in [0.4, 0.5) is 18.9 Å². The van der Waals surface area contributed by atoms with Gasteiger partial charge in [0, 0.05) is 17.7 Å². The van der Waals surface area contributed by atoms with Crippen LogP contribution in [0.5, 0.6) is 5.75 Å². The van der Waals surface area contributed by atoms with E-state index in [-0.39, 0.29) is 23.6 Å². The number of carbonyl (C=O) groups excluding carboxylic acids is 1. The second-order valence-corrected chi connectivity index (χ2v) is 3.53. The Hall–Kier alpha value is -1.43. The Morgan fingerprint density at radius 3 is 2.59 bits per heavy atom. The van der Waals surface area contributed by atoms with Crippen molar-refractivity contribution in [1.29, 1.82) is 0 Å². The van der Waals surface area contributed by atoms with Gasteiger partial charge in [-0.3, -0.25) is 4.79 Å². The normalized spacial score (nSPS) is 11.3. The molecule has 1 rings (SSSR count). The van der Waals surface area contributed by atoms with Gasteiger partial charge in [0.2, 0.25) is 0 Å². The van der Waals surface area contributed by atoms with E-state index in [0.29, 0.717) is 0 Å². The lowest BCUT2D eigenvalue weighted by atomic mass is 10.1. The molecule has 0 aromatic heterocycles. The van der Waals surface area contributed by atoms with Gasteiger partial charge in [0.15, 0.2) is 5.78 Å². The highest BCUT2D eigenvalue weighted by Crippen LogP contribution is 2.28. The number of halogens is 4. The number of hydrogen-bond donors (Lipinski definition) is 1. The number of benzene rings is 1. The van der Waals surface area contributed by atoms with Crippen molar-refractivity contribution >= 4 is 23.1 Å². The summed E-state index contributed by atoms with van der Waals surface area (Å²) >= 11 is 5.28. The summed E-state index contributed by atoms with van der Waals surface area (Å²) < 4.78 is 40.0. The lowest BCUT2D eigenvalue weighted by molar-refractivity contribution is -0.274. The molecule has 0 bridgehead atoms. The Morgan fingerprint density at radius 1 is 1.41 bits per heavy atom. The smallest absolute Gasteiger partial charge is 0.405 e. The third-order valence-corrected chi connectivity index (χ3v) is 2.14. The quantitative estimate of drug-likeness (QED) is 0.674.